The molecule has 1 heterocycles. The van der Waals surface area contributed by atoms with Gasteiger partial charge in [0.05, 0.1) is 18.7 Å². The highest BCUT2D eigenvalue weighted by Crippen LogP contribution is 2.19. The number of rotatable bonds is 4. The second-order valence-corrected chi connectivity index (χ2v) is 4.05. The van der Waals surface area contributed by atoms with E-state index in [1.54, 1.807) is 25.3 Å². The van der Waals surface area contributed by atoms with Gasteiger partial charge in [-0.15, -0.1) is 0 Å². The first-order valence-electron chi connectivity index (χ1n) is 5.85. The third kappa shape index (κ3) is 3.19. The van der Waals surface area contributed by atoms with Crippen LogP contribution in [0.15, 0.2) is 36.7 Å². The minimum atomic E-state index is 0.0762. The topological polar surface area (TPSA) is 70.8 Å². The largest absolute Gasteiger partial charge is 0.481 e. The van der Waals surface area contributed by atoms with Crippen molar-refractivity contribution < 1.29 is 4.74 Å². The number of nitrogens with one attached hydrogen (secondary N) is 1. The number of nitrogens with zero attached hydrogens (tertiary/aromatic N) is 3. The van der Waals surface area contributed by atoms with E-state index in [2.05, 4.69) is 21.4 Å². The first-order chi connectivity index (χ1) is 9.22. The average Bonchev–Trinajstić information content (AvgIpc) is 2.47. The SMILES string of the molecule is COc1cc(NC(C)c2ccc(C#N)cc2)ncn1. The zero-order chi connectivity index (χ0) is 13.7. The number of nitriles is 1. The number of methoxy groups -OCH3 is 1. The minimum absolute atomic E-state index is 0.0762. The van der Waals surface area contributed by atoms with E-state index in [4.69, 9.17) is 10.00 Å². The number of anilines is 1. The van der Waals surface area contributed by atoms with Crippen molar-refractivity contribution in [1.29, 1.82) is 5.26 Å². The summed E-state index contributed by atoms with van der Waals surface area (Å²) in [7, 11) is 1.57. The van der Waals surface area contributed by atoms with E-state index >= 15 is 0 Å². The van der Waals surface area contributed by atoms with Crippen molar-refractivity contribution in [2.24, 2.45) is 0 Å². The Morgan fingerprint density at radius 1 is 1.26 bits per heavy atom. The molecule has 1 aromatic carbocycles. The second kappa shape index (κ2) is 5.83. The molecule has 1 N–H and O–H groups in total. The van der Waals surface area contributed by atoms with E-state index in [0.717, 1.165) is 5.56 Å². The van der Waals surface area contributed by atoms with E-state index in [1.165, 1.54) is 6.33 Å². The van der Waals surface area contributed by atoms with E-state index < -0.39 is 0 Å². The Labute approximate surface area is 111 Å². The van der Waals surface area contributed by atoms with Crippen LogP contribution in [0.3, 0.4) is 0 Å². The molecular weight excluding hydrogens is 240 g/mol. The van der Waals surface area contributed by atoms with Gasteiger partial charge in [-0.1, -0.05) is 12.1 Å². The van der Waals surface area contributed by atoms with E-state index in [0.29, 0.717) is 17.3 Å². The summed E-state index contributed by atoms with van der Waals surface area (Å²) in [5.41, 5.74) is 1.73. The monoisotopic (exact) mass is 254 g/mol. The van der Waals surface area contributed by atoms with Gasteiger partial charge in [0.15, 0.2) is 0 Å². The molecule has 0 bridgehead atoms. The van der Waals surface area contributed by atoms with Crippen LogP contribution in [0.25, 0.3) is 0 Å². The Kier molecular flexibility index (Phi) is 3.94. The summed E-state index contributed by atoms with van der Waals surface area (Å²) >= 11 is 0. The molecule has 5 nitrogen and oxygen atoms in total. The van der Waals surface area contributed by atoms with E-state index in [9.17, 15) is 0 Å². The summed E-state index contributed by atoms with van der Waals surface area (Å²) < 4.78 is 5.05. The highest BCUT2D eigenvalue weighted by molar-refractivity contribution is 5.41. The summed E-state index contributed by atoms with van der Waals surface area (Å²) in [6.45, 7) is 2.02. The highest BCUT2D eigenvalue weighted by atomic mass is 16.5. The lowest BCUT2D eigenvalue weighted by Gasteiger charge is -2.15. The first kappa shape index (κ1) is 12.8. The number of hydrogen-bond donors (Lipinski definition) is 1. The molecular formula is C14H14N4O. The average molecular weight is 254 g/mol. The molecule has 1 atom stereocenters. The molecule has 0 radical (unpaired) electrons. The molecule has 0 aliphatic carbocycles. The van der Waals surface area contributed by atoms with Crippen molar-refractivity contribution in [3.05, 3.63) is 47.8 Å². The molecule has 0 aliphatic rings. The molecule has 0 saturated carbocycles. The molecule has 0 saturated heterocycles. The van der Waals surface area contributed by atoms with Crippen LogP contribution >= 0.6 is 0 Å². The number of aromatic nitrogens is 2. The third-order valence-electron chi connectivity index (χ3n) is 2.76. The zero-order valence-corrected chi connectivity index (χ0v) is 10.8. The molecule has 2 aromatic rings. The van der Waals surface area contributed by atoms with Crippen LogP contribution in [0.1, 0.15) is 24.1 Å². The quantitative estimate of drug-likeness (QED) is 0.907. The van der Waals surface area contributed by atoms with Crippen molar-refractivity contribution in [3.8, 4) is 11.9 Å². The first-order valence-corrected chi connectivity index (χ1v) is 5.85. The van der Waals surface area contributed by atoms with Crippen LogP contribution < -0.4 is 10.1 Å². The van der Waals surface area contributed by atoms with Crippen LogP contribution in [-0.2, 0) is 0 Å². The van der Waals surface area contributed by atoms with Gasteiger partial charge in [0.2, 0.25) is 5.88 Å². The van der Waals surface area contributed by atoms with Gasteiger partial charge in [0.1, 0.15) is 12.1 Å². The molecule has 0 aliphatic heterocycles. The third-order valence-corrected chi connectivity index (χ3v) is 2.76. The summed E-state index contributed by atoms with van der Waals surface area (Å²) in [5, 5.41) is 12.0. The molecule has 5 heteroatoms. The number of ether oxygens (including phenoxy) is 1. The Bertz CT molecular complexity index is 589. The van der Waals surface area contributed by atoms with Crippen LogP contribution in [-0.4, -0.2) is 17.1 Å². The van der Waals surface area contributed by atoms with Crippen molar-refractivity contribution in [1.82, 2.24) is 9.97 Å². The van der Waals surface area contributed by atoms with Gasteiger partial charge in [-0.3, -0.25) is 0 Å². The van der Waals surface area contributed by atoms with Crippen molar-refractivity contribution in [2.45, 2.75) is 13.0 Å². The fourth-order valence-electron chi connectivity index (χ4n) is 1.68. The van der Waals surface area contributed by atoms with Crippen LogP contribution in [0, 0.1) is 11.3 Å². The summed E-state index contributed by atoms with van der Waals surface area (Å²) in [4.78, 5) is 8.08. The van der Waals surface area contributed by atoms with Crippen molar-refractivity contribution >= 4 is 5.82 Å². The number of benzene rings is 1. The van der Waals surface area contributed by atoms with Gasteiger partial charge in [-0.25, -0.2) is 9.97 Å². The van der Waals surface area contributed by atoms with Gasteiger partial charge in [0.25, 0.3) is 0 Å². The maximum Gasteiger partial charge on any atom is 0.218 e. The van der Waals surface area contributed by atoms with Gasteiger partial charge in [-0.05, 0) is 24.6 Å². The van der Waals surface area contributed by atoms with Gasteiger partial charge >= 0.3 is 0 Å². The zero-order valence-electron chi connectivity index (χ0n) is 10.8. The minimum Gasteiger partial charge on any atom is -0.481 e. The van der Waals surface area contributed by atoms with Crippen LogP contribution in [0.4, 0.5) is 5.82 Å². The normalized spacial score (nSPS) is 11.4. The van der Waals surface area contributed by atoms with Crippen molar-refractivity contribution in [2.75, 3.05) is 12.4 Å². The molecule has 2 rings (SSSR count). The van der Waals surface area contributed by atoms with E-state index in [-0.39, 0.29) is 6.04 Å². The second-order valence-electron chi connectivity index (χ2n) is 4.05. The Morgan fingerprint density at radius 2 is 2.00 bits per heavy atom. The predicted molar refractivity (Wildman–Crippen MR) is 71.8 cm³/mol. The smallest absolute Gasteiger partial charge is 0.218 e. The maximum absolute atomic E-state index is 8.76. The molecule has 0 fully saturated rings. The van der Waals surface area contributed by atoms with Crippen LogP contribution in [0.2, 0.25) is 0 Å². The molecule has 1 unspecified atom stereocenters. The fraction of sp³-hybridized carbons (Fsp3) is 0.214. The maximum atomic E-state index is 8.76. The lowest BCUT2D eigenvalue weighted by molar-refractivity contribution is 0.397. The van der Waals surface area contributed by atoms with Crippen LogP contribution in [0.5, 0.6) is 5.88 Å². The Hall–Kier alpha value is -2.61. The van der Waals surface area contributed by atoms with Crippen molar-refractivity contribution in [3.63, 3.8) is 0 Å². The summed E-state index contributed by atoms with van der Waals surface area (Å²) in [6.07, 6.45) is 1.45. The lowest BCUT2D eigenvalue weighted by Crippen LogP contribution is -2.08. The predicted octanol–water partition coefficient (Wildman–Crippen LogP) is 2.53. The van der Waals surface area contributed by atoms with Gasteiger partial charge in [-0.2, -0.15) is 5.26 Å². The lowest BCUT2D eigenvalue weighted by atomic mass is 10.1. The highest BCUT2D eigenvalue weighted by Gasteiger charge is 2.07. The molecule has 0 spiro atoms. The van der Waals surface area contributed by atoms with Gasteiger partial charge < -0.3 is 10.1 Å². The summed E-state index contributed by atoms with van der Waals surface area (Å²) in [5.74, 6) is 1.22. The molecule has 96 valence electrons. The summed E-state index contributed by atoms with van der Waals surface area (Å²) in [6, 6.07) is 11.4. The fourth-order valence-corrected chi connectivity index (χ4v) is 1.68. The Balaban J connectivity index is 2.11. The molecule has 19 heavy (non-hydrogen) atoms. The molecule has 1 aromatic heterocycles. The standard InChI is InChI=1S/C14H14N4O/c1-10(12-5-3-11(8-15)4-6-12)18-13-7-14(19-2)17-9-16-13/h3-7,9-10H,1-2H3,(H,16,17,18). The van der Waals surface area contributed by atoms with Gasteiger partial charge in [0, 0.05) is 12.1 Å². The number of hydrogen-bond acceptors (Lipinski definition) is 5. The van der Waals surface area contributed by atoms with E-state index in [1.807, 2.05) is 19.1 Å². The molecule has 0 amide bonds. The Morgan fingerprint density at radius 3 is 2.63 bits per heavy atom.